The highest BCUT2D eigenvalue weighted by Crippen LogP contribution is 2.25. The molecule has 36 heavy (non-hydrogen) atoms. The van der Waals surface area contributed by atoms with Crippen LogP contribution in [0.4, 0.5) is 0 Å². The highest BCUT2D eigenvalue weighted by Gasteiger charge is 2.32. The van der Waals surface area contributed by atoms with E-state index in [4.69, 9.17) is 11.7 Å². The molecule has 8 heteroatoms. The van der Waals surface area contributed by atoms with Gasteiger partial charge in [-0.15, -0.1) is 0 Å². The number of carboxylic acid groups (broad SMARTS) is 1. The number of hydrogen-bond acceptors (Lipinski definition) is 5. The molecular formula is C28H43N5O3. The molecule has 0 aromatic heterocycles. The number of benzene rings is 1. The van der Waals surface area contributed by atoms with Crippen LogP contribution in [0.1, 0.15) is 76.8 Å². The number of rotatable bonds is 12. The highest BCUT2D eigenvalue weighted by molar-refractivity contribution is 5.99. The summed E-state index contributed by atoms with van der Waals surface area (Å²) < 4.78 is 0. The maximum atomic E-state index is 12.9. The summed E-state index contributed by atoms with van der Waals surface area (Å²) in [4.78, 5) is 26.5. The minimum atomic E-state index is -0.923. The van der Waals surface area contributed by atoms with Crippen LogP contribution in [-0.4, -0.2) is 40.3 Å². The summed E-state index contributed by atoms with van der Waals surface area (Å²) in [6, 6.07) is 7.13. The summed E-state index contributed by atoms with van der Waals surface area (Å²) in [5.74, 6) is 10.8. The van der Waals surface area contributed by atoms with Crippen LogP contribution in [0.25, 0.3) is 0 Å². The second kappa shape index (κ2) is 15.1. The fourth-order valence-electron chi connectivity index (χ4n) is 4.80. The van der Waals surface area contributed by atoms with Crippen LogP contribution in [-0.2, 0) is 16.0 Å². The van der Waals surface area contributed by atoms with Crippen LogP contribution < -0.4 is 17.1 Å². The third kappa shape index (κ3) is 8.52. The molecule has 0 saturated heterocycles. The Kier molecular flexibility index (Phi) is 12.2. The van der Waals surface area contributed by atoms with Gasteiger partial charge in [-0.3, -0.25) is 4.79 Å². The zero-order chi connectivity index (χ0) is 26.5. The summed E-state index contributed by atoms with van der Waals surface area (Å²) >= 11 is 0. The van der Waals surface area contributed by atoms with Gasteiger partial charge in [-0.2, -0.15) is 5.10 Å². The number of hydrazine groups is 1. The molecule has 0 bridgehead atoms. The minimum Gasteiger partial charge on any atom is -0.480 e. The zero-order valence-corrected chi connectivity index (χ0v) is 22.0. The fraction of sp³-hybridized carbons (Fsp3) is 0.536. The first kappa shape index (κ1) is 29.1. The van der Waals surface area contributed by atoms with Crippen LogP contribution in [0.15, 0.2) is 53.2 Å². The van der Waals surface area contributed by atoms with Gasteiger partial charge in [0.15, 0.2) is 5.84 Å². The van der Waals surface area contributed by atoms with Crippen molar-refractivity contribution in [2.45, 2.75) is 78.2 Å². The molecule has 0 spiro atoms. The number of nitrogens with zero attached hydrogens (tertiary/aromatic N) is 2. The van der Waals surface area contributed by atoms with E-state index in [-0.39, 0.29) is 11.8 Å². The molecule has 8 nitrogen and oxygen atoms in total. The van der Waals surface area contributed by atoms with Gasteiger partial charge in [0.2, 0.25) is 5.91 Å². The lowest BCUT2D eigenvalue weighted by Crippen LogP contribution is -2.48. The number of hydrogen-bond donors (Lipinski definition) is 4. The topological polar surface area (TPSA) is 134 Å². The van der Waals surface area contributed by atoms with Crippen molar-refractivity contribution in [1.82, 2.24) is 10.3 Å². The van der Waals surface area contributed by atoms with E-state index >= 15 is 0 Å². The van der Waals surface area contributed by atoms with Gasteiger partial charge in [0.25, 0.3) is 0 Å². The summed E-state index contributed by atoms with van der Waals surface area (Å²) in [5.41, 5.74) is 5.74. The van der Waals surface area contributed by atoms with Crippen molar-refractivity contribution in [3.8, 4) is 0 Å². The Bertz CT molecular complexity index is 954. The lowest BCUT2D eigenvalue weighted by atomic mass is 9.90. The first-order valence-electron chi connectivity index (χ1n) is 13.0. The van der Waals surface area contributed by atoms with Crippen molar-refractivity contribution >= 4 is 17.7 Å². The molecule has 0 radical (unpaired) electrons. The van der Waals surface area contributed by atoms with Crippen molar-refractivity contribution < 1.29 is 14.7 Å². The summed E-state index contributed by atoms with van der Waals surface area (Å²) in [6.45, 7) is 6.25. The van der Waals surface area contributed by atoms with Gasteiger partial charge in [0.1, 0.15) is 6.04 Å². The number of hydrazone groups is 1. The summed E-state index contributed by atoms with van der Waals surface area (Å²) in [6.07, 6.45) is 13.1. The van der Waals surface area contributed by atoms with Crippen molar-refractivity contribution in [3.63, 3.8) is 0 Å². The predicted octanol–water partition coefficient (Wildman–Crippen LogP) is 4.11. The van der Waals surface area contributed by atoms with Gasteiger partial charge < -0.3 is 21.3 Å². The number of carbonyl (C=O) groups excluding carboxylic acids is 1. The number of carbonyl (C=O) groups is 2. The van der Waals surface area contributed by atoms with Crippen molar-refractivity contribution in [3.05, 3.63) is 59.2 Å². The molecule has 2 rings (SSSR count). The third-order valence-corrected chi connectivity index (χ3v) is 6.78. The van der Waals surface area contributed by atoms with Crippen LogP contribution in [0.3, 0.4) is 0 Å². The molecule has 0 aliphatic heterocycles. The molecule has 2 unspecified atom stereocenters. The van der Waals surface area contributed by atoms with Crippen LogP contribution in [0.2, 0.25) is 0 Å². The lowest BCUT2D eigenvalue weighted by Gasteiger charge is -2.33. The van der Waals surface area contributed by atoms with Crippen molar-refractivity contribution in [2.24, 2.45) is 28.6 Å². The molecule has 0 saturated carbocycles. The monoisotopic (exact) mass is 497 g/mol. The van der Waals surface area contributed by atoms with E-state index in [9.17, 15) is 14.7 Å². The first-order chi connectivity index (χ1) is 17.3. The average molecular weight is 498 g/mol. The largest absolute Gasteiger partial charge is 0.480 e. The van der Waals surface area contributed by atoms with Gasteiger partial charge in [-0.25, -0.2) is 10.6 Å². The van der Waals surface area contributed by atoms with E-state index in [0.717, 1.165) is 56.1 Å². The molecule has 1 aromatic rings. The standard InChI is InChI=1S/C28H43N5O3/c1-4-5-16-25(34)33(26(20(2)3)28(35)36)18-17-21-10-8-12-22(13-9-11-21)19-23-14-6-7-15-24(23)27(31-29)32-30/h6-8,12-15,20-21,26H,4-5,9-11,16-19,29-30H2,1-3H3,(H,31,32)(H,35,36)/b12-8?,22-13+. The third-order valence-electron chi connectivity index (χ3n) is 6.78. The smallest absolute Gasteiger partial charge is 0.326 e. The quantitative estimate of drug-likeness (QED) is 0.149. The number of carboxylic acids is 1. The molecule has 1 aliphatic carbocycles. The molecule has 1 amide bonds. The van der Waals surface area contributed by atoms with E-state index < -0.39 is 12.0 Å². The second-order valence-corrected chi connectivity index (χ2v) is 9.82. The first-order valence-corrected chi connectivity index (χ1v) is 13.0. The Morgan fingerprint density at radius 2 is 2.03 bits per heavy atom. The second-order valence-electron chi connectivity index (χ2n) is 9.82. The number of nitrogens with two attached hydrogens (primary N) is 2. The van der Waals surface area contributed by atoms with Gasteiger partial charge >= 0.3 is 5.97 Å². The molecule has 1 aromatic carbocycles. The Hall–Kier alpha value is -3.13. The van der Waals surface area contributed by atoms with E-state index in [1.807, 2.05) is 45.0 Å². The van der Waals surface area contributed by atoms with Crippen molar-refractivity contribution in [2.75, 3.05) is 6.54 Å². The number of nitrogens with one attached hydrogen (secondary N) is 1. The number of aliphatic carboxylic acids is 1. The SMILES string of the molecule is CCCCC(=O)N(CCC1CC=C/C(Cc2ccccc2C(=NN)NN)=C\CC1)C(C(=O)O)C(C)C. The fourth-order valence-corrected chi connectivity index (χ4v) is 4.80. The Morgan fingerprint density at radius 1 is 1.28 bits per heavy atom. The van der Waals surface area contributed by atoms with E-state index in [1.165, 1.54) is 5.57 Å². The molecular weight excluding hydrogens is 454 g/mol. The highest BCUT2D eigenvalue weighted by atomic mass is 16.4. The van der Waals surface area contributed by atoms with Crippen molar-refractivity contribution in [1.29, 1.82) is 0 Å². The summed E-state index contributed by atoms with van der Waals surface area (Å²) in [7, 11) is 0. The Labute approximate surface area is 215 Å². The Balaban J connectivity index is 2.04. The number of amides is 1. The molecule has 0 fully saturated rings. The van der Waals surface area contributed by atoms with Crippen LogP contribution in [0, 0.1) is 11.8 Å². The average Bonchev–Trinajstić information content (AvgIpc) is 2.83. The lowest BCUT2D eigenvalue weighted by molar-refractivity contribution is -0.152. The number of unbranched alkanes of at least 4 members (excludes halogenated alkanes) is 1. The Morgan fingerprint density at radius 3 is 2.67 bits per heavy atom. The number of allylic oxidation sites excluding steroid dienone is 4. The van der Waals surface area contributed by atoms with E-state index in [2.05, 4.69) is 28.8 Å². The van der Waals surface area contributed by atoms with E-state index in [0.29, 0.717) is 24.7 Å². The molecule has 2 atom stereocenters. The van der Waals surface area contributed by atoms with E-state index in [1.54, 1.807) is 4.90 Å². The number of amidine groups is 1. The van der Waals surface area contributed by atoms with Gasteiger partial charge in [-0.1, -0.05) is 69.7 Å². The van der Waals surface area contributed by atoms with Gasteiger partial charge in [0, 0.05) is 18.5 Å². The van der Waals surface area contributed by atoms with Crippen LogP contribution in [0.5, 0.6) is 0 Å². The molecule has 0 heterocycles. The molecule has 6 N–H and O–H groups in total. The summed E-state index contributed by atoms with van der Waals surface area (Å²) in [5, 5.41) is 13.6. The molecule has 1 aliphatic rings. The maximum absolute atomic E-state index is 12.9. The van der Waals surface area contributed by atoms with Gasteiger partial charge in [-0.05, 0) is 61.5 Å². The van der Waals surface area contributed by atoms with Crippen LogP contribution >= 0.6 is 0 Å². The van der Waals surface area contributed by atoms with Gasteiger partial charge in [0.05, 0.1) is 0 Å². The molecule has 198 valence electrons. The minimum absolute atomic E-state index is 0.0486. The normalized spacial score (nSPS) is 18.6. The zero-order valence-electron chi connectivity index (χ0n) is 22.0. The maximum Gasteiger partial charge on any atom is 0.326 e. The predicted molar refractivity (Wildman–Crippen MR) is 145 cm³/mol.